The van der Waals surface area contributed by atoms with Crippen LogP contribution in [0.3, 0.4) is 0 Å². The zero-order chi connectivity index (χ0) is 18.4. The van der Waals surface area contributed by atoms with Gasteiger partial charge < -0.3 is 19.2 Å². The molecule has 0 aliphatic rings. The first-order valence-electron chi connectivity index (χ1n) is 8.08. The fraction of sp³-hybridized carbons (Fsp3) is 0.211. The molecule has 7 nitrogen and oxygen atoms in total. The van der Waals surface area contributed by atoms with Crippen LogP contribution >= 0.6 is 0 Å². The number of nitrogens with one attached hydrogen (secondary N) is 1. The van der Waals surface area contributed by atoms with Gasteiger partial charge in [0, 0.05) is 12.1 Å². The van der Waals surface area contributed by atoms with Crippen LogP contribution in [0.15, 0.2) is 52.9 Å². The smallest absolute Gasteiger partial charge is 0.308 e. The van der Waals surface area contributed by atoms with E-state index in [1.165, 1.54) is 0 Å². The molecule has 3 aromatic rings. The Labute approximate surface area is 151 Å². The van der Waals surface area contributed by atoms with Crippen LogP contribution in [0.5, 0.6) is 11.5 Å². The van der Waals surface area contributed by atoms with Gasteiger partial charge in [0.15, 0.2) is 0 Å². The van der Waals surface area contributed by atoms with E-state index in [-0.39, 0.29) is 11.8 Å². The SMILES string of the molecule is COc1cccc(CCNC(=O)c2nnc(-c3cccc(OC)c3)o2)c1. The Morgan fingerprint density at radius 3 is 2.54 bits per heavy atom. The number of hydrogen-bond acceptors (Lipinski definition) is 6. The zero-order valence-electron chi connectivity index (χ0n) is 14.6. The van der Waals surface area contributed by atoms with Crippen molar-refractivity contribution in [2.45, 2.75) is 6.42 Å². The van der Waals surface area contributed by atoms with Crippen molar-refractivity contribution in [1.82, 2.24) is 15.5 Å². The summed E-state index contributed by atoms with van der Waals surface area (Å²) in [5, 5.41) is 10.5. The lowest BCUT2D eigenvalue weighted by Crippen LogP contribution is -2.26. The summed E-state index contributed by atoms with van der Waals surface area (Å²) >= 11 is 0. The van der Waals surface area contributed by atoms with Gasteiger partial charge in [0.2, 0.25) is 5.89 Å². The Balaban J connectivity index is 1.59. The van der Waals surface area contributed by atoms with Gasteiger partial charge in [0.25, 0.3) is 0 Å². The molecular formula is C19H19N3O4. The highest BCUT2D eigenvalue weighted by atomic mass is 16.5. The monoisotopic (exact) mass is 353 g/mol. The molecule has 134 valence electrons. The van der Waals surface area contributed by atoms with Crippen LogP contribution in [0.4, 0.5) is 0 Å². The van der Waals surface area contributed by atoms with Gasteiger partial charge in [-0.1, -0.05) is 18.2 Å². The molecule has 0 atom stereocenters. The molecule has 26 heavy (non-hydrogen) atoms. The molecule has 1 aromatic heterocycles. The fourth-order valence-corrected chi connectivity index (χ4v) is 2.41. The van der Waals surface area contributed by atoms with Crippen molar-refractivity contribution in [1.29, 1.82) is 0 Å². The molecule has 7 heteroatoms. The Hall–Kier alpha value is -3.35. The third-order valence-corrected chi connectivity index (χ3v) is 3.77. The third-order valence-electron chi connectivity index (χ3n) is 3.77. The van der Waals surface area contributed by atoms with Crippen LogP contribution in [0, 0.1) is 0 Å². The van der Waals surface area contributed by atoms with Crippen LogP contribution in [-0.4, -0.2) is 36.9 Å². The maximum absolute atomic E-state index is 12.2. The summed E-state index contributed by atoms with van der Waals surface area (Å²) in [6.45, 7) is 0.447. The first-order valence-corrected chi connectivity index (χ1v) is 8.08. The van der Waals surface area contributed by atoms with Crippen LogP contribution < -0.4 is 14.8 Å². The first kappa shape index (κ1) is 17.5. The molecule has 3 rings (SSSR count). The second kappa shape index (κ2) is 8.15. The summed E-state index contributed by atoms with van der Waals surface area (Å²) in [5.41, 5.74) is 1.75. The Kier molecular flexibility index (Phi) is 5.48. The van der Waals surface area contributed by atoms with Crippen molar-refractivity contribution in [3.8, 4) is 23.0 Å². The quantitative estimate of drug-likeness (QED) is 0.703. The van der Waals surface area contributed by atoms with Crippen molar-refractivity contribution >= 4 is 5.91 Å². The van der Waals surface area contributed by atoms with Gasteiger partial charge in [-0.2, -0.15) is 0 Å². The zero-order valence-corrected chi connectivity index (χ0v) is 14.6. The van der Waals surface area contributed by atoms with E-state index >= 15 is 0 Å². The van der Waals surface area contributed by atoms with Crippen LogP contribution in [0.2, 0.25) is 0 Å². The highest BCUT2D eigenvalue weighted by Gasteiger charge is 2.15. The highest BCUT2D eigenvalue weighted by molar-refractivity contribution is 5.89. The maximum atomic E-state index is 12.2. The fourth-order valence-electron chi connectivity index (χ4n) is 2.41. The number of ether oxygens (including phenoxy) is 2. The molecule has 0 radical (unpaired) electrons. The van der Waals surface area contributed by atoms with E-state index in [1.807, 2.05) is 36.4 Å². The Bertz CT molecular complexity index is 892. The molecule has 0 fully saturated rings. The minimum absolute atomic E-state index is 0.0755. The number of amides is 1. The predicted molar refractivity (Wildman–Crippen MR) is 95.3 cm³/mol. The van der Waals surface area contributed by atoms with E-state index in [0.29, 0.717) is 24.3 Å². The molecule has 2 aromatic carbocycles. The summed E-state index contributed by atoms with van der Waals surface area (Å²) in [5.74, 6) is 1.24. The van der Waals surface area contributed by atoms with Crippen molar-refractivity contribution in [3.05, 3.63) is 60.0 Å². The van der Waals surface area contributed by atoms with E-state index in [0.717, 1.165) is 11.3 Å². The lowest BCUT2D eigenvalue weighted by Gasteiger charge is -2.05. The van der Waals surface area contributed by atoms with Gasteiger partial charge in [-0.25, -0.2) is 0 Å². The lowest BCUT2D eigenvalue weighted by molar-refractivity contribution is 0.0920. The van der Waals surface area contributed by atoms with Crippen molar-refractivity contribution in [2.75, 3.05) is 20.8 Å². The molecule has 0 bridgehead atoms. The third kappa shape index (κ3) is 4.18. The Morgan fingerprint density at radius 2 is 1.77 bits per heavy atom. The number of nitrogens with zero attached hydrogens (tertiary/aromatic N) is 2. The molecule has 0 unspecified atom stereocenters. The number of benzene rings is 2. The minimum Gasteiger partial charge on any atom is -0.497 e. The Morgan fingerprint density at radius 1 is 1.04 bits per heavy atom. The van der Waals surface area contributed by atoms with Gasteiger partial charge >= 0.3 is 11.8 Å². The van der Waals surface area contributed by atoms with E-state index in [2.05, 4.69) is 15.5 Å². The summed E-state index contributed by atoms with van der Waals surface area (Å²) in [7, 11) is 3.20. The summed E-state index contributed by atoms with van der Waals surface area (Å²) in [4.78, 5) is 12.2. The van der Waals surface area contributed by atoms with Gasteiger partial charge in [-0.05, 0) is 42.3 Å². The van der Waals surface area contributed by atoms with Crippen molar-refractivity contribution < 1.29 is 18.7 Å². The van der Waals surface area contributed by atoms with Gasteiger partial charge in [-0.3, -0.25) is 4.79 Å². The standard InChI is InChI=1S/C19H19N3O4/c1-24-15-7-3-5-13(11-15)9-10-20-17(23)19-22-21-18(26-19)14-6-4-8-16(12-14)25-2/h3-8,11-12H,9-10H2,1-2H3,(H,20,23). The van der Waals surface area contributed by atoms with Gasteiger partial charge in [0.1, 0.15) is 11.5 Å². The van der Waals surface area contributed by atoms with Crippen LogP contribution in [0.1, 0.15) is 16.2 Å². The summed E-state index contributed by atoms with van der Waals surface area (Å²) in [6.07, 6.45) is 0.666. The summed E-state index contributed by atoms with van der Waals surface area (Å²) < 4.78 is 15.8. The lowest BCUT2D eigenvalue weighted by atomic mass is 10.1. The molecule has 0 saturated heterocycles. The highest BCUT2D eigenvalue weighted by Crippen LogP contribution is 2.22. The number of carbonyl (C=O) groups is 1. The van der Waals surface area contributed by atoms with E-state index in [4.69, 9.17) is 13.9 Å². The van der Waals surface area contributed by atoms with E-state index < -0.39 is 5.91 Å². The van der Waals surface area contributed by atoms with Gasteiger partial charge in [-0.15, -0.1) is 10.2 Å². The van der Waals surface area contributed by atoms with E-state index in [9.17, 15) is 4.79 Å². The number of rotatable bonds is 7. The first-order chi connectivity index (χ1) is 12.7. The van der Waals surface area contributed by atoms with Crippen molar-refractivity contribution in [3.63, 3.8) is 0 Å². The van der Waals surface area contributed by atoms with Crippen LogP contribution in [-0.2, 0) is 6.42 Å². The second-order valence-corrected chi connectivity index (χ2v) is 5.50. The predicted octanol–water partition coefficient (Wildman–Crippen LogP) is 2.73. The number of carbonyl (C=O) groups excluding carboxylic acids is 1. The van der Waals surface area contributed by atoms with Crippen molar-refractivity contribution in [2.24, 2.45) is 0 Å². The molecule has 0 saturated carbocycles. The molecule has 1 N–H and O–H groups in total. The summed E-state index contributed by atoms with van der Waals surface area (Å²) in [6, 6.07) is 14.9. The largest absolute Gasteiger partial charge is 0.497 e. The normalized spacial score (nSPS) is 10.4. The molecule has 0 aliphatic heterocycles. The number of methoxy groups -OCH3 is 2. The average Bonchev–Trinajstić information content (AvgIpc) is 3.18. The van der Waals surface area contributed by atoms with Gasteiger partial charge in [0.05, 0.1) is 14.2 Å². The molecule has 1 amide bonds. The van der Waals surface area contributed by atoms with E-state index in [1.54, 1.807) is 26.4 Å². The molecular weight excluding hydrogens is 334 g/mol. The molecule has 1 heterocycles. The topological polar surface area (TPSA) is 86.5 Å². The average molecular weight is 353 g/mol. The molecule has 0 aliphatic carbocycles. The second-order valence-electron chi connectivity index (χ2n) is 5.50. The maximum Gasteiger partial charge on any atom is 0.308 e. The number of aromatic nitrogens is 2. The minimum atomic E-state index is -0.408. The van der Waals surface area contributed by atoms with Crippen LogP contribution in [0.25, 0.3) is 11.5 Å². The number of hydrogen-bond donors (Lipinski definition) is 1. The molecule has 0 spiro atoms.